The summed E-state index contributed by atoms with van der Waals surface area (Å²) in [6.07, 6.45) is 2.99. The highest BCUT2D eigenvalue weighted by Crippen LogP contribution is 2.04. The van der Waals surface area contributed by atoms with E-state index in [0.717, 1.165) is 19.5 Å². The van der Waals surface area contributed by atoms with Crippen molar-refractivity contribution >= 4 is 6.34 Å². The van der Waals surface area contributed by atoms with Crippen LogP contribution < -0.4 is 0 Å². The largest absolute Gasteiger partial charge is 0.363 e. The van der Waals surface area contributed by atoms with Gasteiger partial charge in [-0.25, -0.2) is 0 Å². The lowest BCUT2D eigenvalue weighted by atomic mass is 10.1. The van der Waals surface area contributed by atoms with Crippen LogP contribution in [0, 0.1) is 6.92 Å². The monoisotopic (exact) mass is 204 g/mol. The molecule has 0 spiro atoms. The molecular weight excluding hydrogens is 184 g/mol. The Morgan fingerprint density at radius 3 is 2.47 bits per heavy atom. The van der Waals surface area contributed by atoms with Gasteiger partial charge in [0.2, 0.25) is 0 Å². The van der Waals surface area contributed by atoms with E-state index in [2.05, 4.69) is 48.0 Å². The fourth-order valence-electron chi connectivity index (χ4n) is 1.49. The quantitative estimate of drug-likeness (QED) is 0.531. The summed E-state index contributed by atoms with van der Waals surface area (Å²) in [5.74, 6) is 0. The first-order chi connectivity index (χ1) is 7.26. The molecule has 0 aliphatic heterocycles. The predicted octanol–water partition coefficient (Wildman–Crippen LogP) is 2.52. The second kappa shape index (κ2) is 6.23. The van der Waals surface area contributed by atoms with Crippen LogP contribution in [0.15, 0.2) is 29.3 Å². The van der Waals surface area contributed by atoms with Gasteiger partial charge in [0, 0.05) is 20.1 Å². The van der Waals surface area contributed by atoms with Crippen molar-refractivity contribution in [2.24, 2.45) is 4.99 Å². The number of hydrogen-bond donors (Lipinski definition) is 0. The average Bonchev–Trinajstić information content (AvgIpc) is 2.26. The fraction of sp³-hybridized carbons (Fsp3) is 0.462. The van der Waals surface area contributed by atoms with E-state index in [1.807, 2.05) is 13.4 Å². The van der Waals surface area contributed by atoms with E-state index >= 15 is 0 Å². The summed E-state index contributed by atoms with van der Waals surface area (Å²) in [6.45, 7) is 6.32. The average molecular weight is 204 g/mol. The Hall–Kier alpha value is -1.31. The molecule has 0 heterocycles. The van der Waals surface area contributed by atoms with E-state index in [-0.39, 0.29) is 0 Å². The van der Waals surface area contributed by atoms with Gasteiger partial charge in [0.15, 0.2) is 0 Å². The SMILES string of the molecule is CCN(C=NC)CCc1ccc(C)cc1. The second-order valence-corrected chi connectivity index (χ2v) is 3.74. The Bertz CT molecular complexity index is 301. The standard InChI is InChI=1S/C13H20N2/c1-4-15(11-14-3)10-9-13-7-5-12(2)6-8-13/h5-8,11H,4,9-10H2,1-3H3. The maximum atomic E-state index is 4.03. The van der Waals surface area contributed by atoms with Crippen molar-refractivity contribution in [2.75, 3.05) is 20.1 Å². The van der Waals surface area contributed by atoms with Crippen LogP contribution in [0.1, 0.15) is 18.1 Å². The molecule has 0 N–H and O–H groups in total. The van der Waals surface area contributed by atoms with Crippen LogP contribution >= 0.6 is 0 Å². The number of hydrogen-bond acceptors (Lipinski definition) is 1. The topological polar surface area (TPSA) is 15.6 Å². The molecule has 0 fully saturated rings. The highest BCUT2D eigenvalue weighted by atomic mass is 15.1. The molecular formula is C13H20N2. The van der Waals surface area contributed by atoms with Crippen molar-refractivity contribution in [1.82, 2.24) is 4.90 Å². The number of benzene rings is 1. The minimum atomic E-state index is 1.02. The minimum absolute atomic E-state index is 1.02. The van der Waals surface area contributed by atoms with Crippen molar-refractivity contribution in [3.05, 3.63) is 35.4 Å². The molecule has 0 bridgehead atoms. The summed E-state index contributed by atoms with van der Waals surface area (Å²) < 4.78 is 0. The molecule has 1 aromatic carbocycles. The molecule has 0 aliphatic rings. The van der Waals surface area contributed by atoms with Crippen molar-refractivity contribution in [2.45, 2.75) is 20.3 Å². The molecule has 0 aliphatic carbocycles. The lowest BCUT2D eigenvalue weighted by molar-refractivity contribution is 0.457. The van der Waals surface area contributed by atoms with Crippen molar-refractivity contribution in [3.63, 3.8) is 0 Å². The van der Waals surface area contributed by atoms with E-state index in [4.69, 9.17) is 0 Å². The summed E-state index contributed by atoms with van der Waals surface area (Å²) in [5, 5.41) is 0. The molecule has 0 atom stereocenters. The number of rotatable bonds is 5. The summed E-state index contributed by atoms with van der Waals surface area (Å²) in [6, 6.07) is 8.73. The zero-order valence-electron chi connectivity index (χ0n) is 9.90. The Balaban J connectivity index is 2.45. The lowest BCUT2D eigenvalue weighted by Crippen LogP contribution is -2.24. The molecule has 15 heavy (non-hydrogen) atoms. The van der Waals surface area contributed by atoms with E-state index in [1.54, 1.807) is 0 Å². The van der Waals surface area contributed by atoms with Crippen LogP contribution in [0.5, 0.6) is 0 Å². The van der Waals surface area contributed by atoms with Crippen LogP contribution in [0.3, 0.4) is 0 Å². The molecule has 0 saturated carbocycles. The summed E-state index contributed by atoms with van der Waals surface area (Å²) in [4.78, 5) is 6.26. The van der Waals surface area contributed by atoms with E-state index in [1.165, 1.54) is 11.1 Å². The van der Waals surface area contributed by atoms with Crippen molar-refractivity contribution in [1.29, 1.82) is 0 Å². The smallest absolute Gasteiger partial charge is 0.0846 e. The molecule has 0 amide bonds. The van der Waals surface area contributed by atoms with Gasteiger partial charge in [-0.3, -0.25) is 4.99 Å². The van der Waals surface area contributed by atoms with Crippen LogP contribution in [0.4, 0.5) is 0 Å². The van der Waals surface area contributed by atoms with Crippen LogP contribution in [-0.4, -0.2) is 31.4 Å². The molecule has 1 aromatic rings. The third-order valence-corrected chi connectivity index (χ3v) is 2.49. The van der Waals surface area contributed by atoms with Gasteiger partial charge < -0.3 is 4.90 Å². The summed E-state index contributed by atoms with van der Waals surface area (Å²) in [7, 11) is 1.81. The molecule has 82 valence electrons. The van der Waals surface area contributed by atoms with Crippen LogP contribution in [-0.2, 0) is 6.42 Å². The zero-order chi connectivity index (χ0) is 11.1. The minimum Gasteiger partial charge on any atom is -0.363 e. The Morgan fingerprint density at radius 1 is 1.27 bits per heavy atom. The highest BCUT2D eigenvalue weighted by molar-refractivity contribution is 5.54. The number of likely N-dealkylation sites (N-methyl/N-ethyl adjacent to an activating group) is 1. The van der Waals surface area contributed by atoms with Crippen LogP contribution in [0.2, 0.25) is 0 Å². The zero-order valence-corrected chi connectivity index (χ0v) is 9.90. The van der Waals surface area contributed by atoms with Gasteiger partial charge in [-0.05, 0) is 25.8 Å². The van der Waals surface area contributed by atoms with Crippen molar-refractivity contribution < 1.29 is 0 Å². The molecule has 0 aromatic heterocycles. The van der Waals surface area contributed by atoms with E-state index in [0.29, 0.717) is 0 Å². The molecule has 2 heteroatoms. The Kier molecular flexibility index (Phi) is 4.88. The predicted molar refractivity (Wildman–Crippen MR) is 66.5 cm³/mol. The van der Waals surface area contributed by atoms with Gasteiger partial charge >= 0.3 is 0 Å². The molecule has 0 radical (unpaired) electrons. The first-order valence-corrected chi connectivity index (χ1v) is 5.48. The van der Waals surface area contributed by atoms with Gasteiger partial charge in [-0.15, -0.1) is 0 Å². The third kappa shape index (κ3) is 4.15. The first-order valence-electron chi connectivity index (χ1n) is 5.48. The Morgan fingerprint density at radius 2 is 1.93 bits per heavy atom. The molecule has 0 saturated heterocycles. The molecule has 0 unspecified atom stereocenters. The Labute approximate surface area is 92.6 Å². The van der Waals surface area contributed by atoms with Gasteiger partial charge in [0.1, 0.15) is 0 Å². The maximum absolute atomic E-state index is 4.03. The van der Waals surface area contributed by atoms with E-state index < -0.39 is 0 Å². The van der Waals surface area contributed by atoms with Crippen molar-refractivity contribution in [3.8, 4) is 0 Å². The third-order valence-electron chi connectivity index (χ3n) is 2.49. The summed E-state index contributed by atoms with van der Waals surface area (Å²) >= 11 is 0. The molecule has 2 nitrogen and oxygen atoms in total. The fourth-order valence-corrected chi connectivity index (χ4v) is 1.49. The number of aliphatic imine (C=N–C) groups is 1. The van der Waals surface area contributed by atoms with Gasteiger partial charge in [-0.1, -0.05) is 29.8 Å². The second-order valence-electron chi connectivity index (χ2n) is 3.74. The first kappa shape index (κ1) is 11.8. The van der Waals surface area contributed by atoms with E-state index in [9.17, 15) is 0 Å². The lowest BCUT2D eigenvalue weighted by Gasteiger charge is -2.16. The van der Waals surface area contributed by atoms with Gasteiger partial charge in [0.05, 0.1) is 6.34 Å². The normalized spacial score (nSPS) is 10.9. The van der Waals surface area contributed by atoms with Gasteiger partial charge in [0.25, 0.3) is 0 Å². The number of nitrogens with zero attached hydrogens (tertiary/aromatic N) is 2. The summed E-state index contributed by atoms with van der Waals surface area (Å²) in [5.41, 5.74) is 2.71. The number of aryl methyl sites for hydroxylation is 1. The maximum Gasteiger partial charge on any atom is 0.0846 e. The highest BCUT2D eigenvalue weighted by Gasteiger charge is 1.97. The van der Waals surface area contributed by atoms with Crippen LogP contribution in [0.25, 0.3) is 0 Å². The molecule has 1 rings (SSSR count). The van der Waals surface area contributed by atoms with Gasteiger partial charge in [-0.2, -0.15) is 0 Å².